The van der Waals surface area contributed by atoms with Gasteiger partial charge in [-0.3, -0.25) is 9.59 Å². The fraction of sp³-hybridized carbons (Fsp3) is 0.600. The number of benzene rings is 1. The van der Waals surface area contributed by atoms with Crippen LogP contribution < -0.4 is 15.0 Å². The van der Waals surface area contributed by atoms with Crippen LogP contribution in [0.1, 0.15) is 39.0 Å². The van der Waals surface area contributed by atoms with Gasteiger partial charge < -0.3 is 15.0 Å². The average Bonchev–Trinajstić information content (AvgIpc) is 3.31. The van der Waals surface area contributed by atoms with Crippen molar-refractivity contribution in [3.05, 3.63) is 24.3 Å². The zero-order chi connectivity index (χ0) is 17.4. The minimum atomic E-state index is -0.238. The first kappa shape index (κ1) is 16.4. The van der Waals surface area contributed by atoms with E-state index in [9.17, 15) is 9.59 Å². The van der Waals surface area contributed by atoms with Gasteiger partial charge in [-0.05, 0) is 62.3 Å². The van der Waals surface area contributed by atoms with Gasteiger partial charge in [0.05, 0.1) is 12.5 Å². The summed E-state index contributed by atoms with van der Waals surface area (Å²) >= 11 is 0. The second-order valence-electron chi connectivity index (χ2n) is 7.62. The molecule has 2 saturated carbocycles. The van der Waals surface area contributed by atoms with Gasteiger partial charge in [-0.1, -0.05) is 6.42 Å². The first-order chi connectivity index (χ1) is 12.1. The summed E-state index contributed by atoms with van der Waals surface area (Å²) in [5.41, 5.74) is 0.837. The second-order valence-corrected chi connectivity index (χ2v) is 7.62. The van der Waals surface area contributed by atoms with Gasteiger partial charge in [0.15, 0.2) is 0 Å². The van der Waals surface area contributed by atoms with Crippen molar-refractivity contribution in [1.82, 2.24) is 5.32 Å². The topological polar surface area (TPSA) is 58.6 Å². The highest BCUT2D eigenvalue weighted by Gasteiger charge is 2.42. The predicted octanol–water partition coefficient (Wildman–Crippen LogP) is 2.74. The third kappa shape index (κ3) is 3.24. The summed E-state index contributed by atoms with van der Waals surface area (Å²) in [5.74, 6) is 2.10. The van der Waals surface area contributed by atoms with Crippen LogP contribution in [0.3, 0.4) is 0 Å². The molecule has 3 fully saturated rings. The highest BCUT2D eigenvalue weighted by atomic mass is 16.5. The SMILES string of the molecule is CCOc1ccc(N2C[C@@H](C(=O)N[C@H]3C[C@H]4CC[C@H]3C4)CC2=O)cc1. The van der Waals surface area contributed by atoms with Crippen LogP contribution in [-0.2, 0) is 9.59 Å². The van der Waals surface area contributed by atoms with Gasteiger partial charge in [0.25, 0.3) is 0 Å². The third-order valence-electron chi connectivity index (χ3n) is 6.02. The molecule has 5 heteroatoms. The molecule has 5 nitrogen and oxygen atoms in total. The first-order valence-corrected chi connectivity index (χ1v) is 9.47. The molecule has 25 heavy (non-hydrogen) atoms. The summed E-state index contributed by atoms with van der Waals surface area (Å²) in [7, 11) is 0. The number of nitrogens with zero attached hydrogens (tertiary/aromatic N) is 1. The molecule has 1 aromatic carbocycles. The Balaban J connectivity index is 1.37. The van der Waals surface area contributed by atoms with Gasteiger partial charge in [-0.2, -0.15) is 0 Å². The van der Waals surface area contributed by atoms with Crippen molar-refractivity contribution in [3.8, 4) is 5.75 Å². The van der Waals surface area contributed by atoms with Gasteiger partial charge in [0.2, 0.25) is 11.8 Å². The Hall–Kier alpha value is -2.04. The van der Waals surface area contributed by atoms with Crippen LogP contribution in [0.25, 0.3) is 0 Å². The van der Waals surface area contributed by atoms with Gasteiger partial charge in [0, 0.05) is 24.7 Å². The summed E-state index contributed by atoms with van der Waals surface area (Å²) in [5, 5.41) is 3.23. The maximum atomic E-state index is 12.6. The van der Waals surface area contributed by atoms with E-state index in [4.69, 9.17) is 4.74 Å². The Morgan fingerprint density at radius 2 is 2.04 bits per heavy atom. The van der Waals surface area contributed by atoms with Crippen LogP contribution in [0.2, 0.25) is 0 Å². The van der Waals surface area contributed by atoms with E-state index in [1.165, 1.54) is 19.3 Å². The molecule has 0 aromatic heterocycles. The van der Waals surface area contributed by atoms with Gasteiger partial charge in [-0.15, -0.1) is 0 Å². The second kappa shape index (κ2) is 6.70. The summed E-state index contributed by atoms with van der Waals surface area (Å²) < 4.78 is 5.44. The lowest BCUT2D eigenvalue weighted by Crippen LogP contribution is -2.42. The molecular formula is C20H26N2O3. The van der Waals surface area contributed by atoms with E-state index in [2.05, 4.69) is 5.32 Å². The number of anilines is 1. The summed E-state index contributed by atoms with van der Waals surface area (Å²) in [6.45, 7) is 3.03. The molecule has 1 heterocycles. The Bertz CT molecular complexity index is 657. The molecule has 1 N–H and O–H groups in total. The molecular weight excluding hydrogens is 316 g/mol. The summed E-state index contributed by atoms with van der Waals surface area (Å²) in [4.78, 5) is 26.7. The number of nitrogens with one attached hydrogen (secondary N) is 1. The van der Waals surface area contributed by atoms with E-state index >= 15 is 0 Å². The minimum Gasteiger partial charge on any atom is -0.494 e. The van der Waals surface area contributed by atoms with Crippen LogP contribution >= 0.6 is 0 Å². The zero-order valence-electron chi connectivity index (χ0n) is 14.7. The zero-order valence-corrected chi connectivity index (χ0v) is 14.7. The number of ether oxygens (including phenoxy) is 1. The third-order valence-corrected chi connectivity index (χ3v) is 6.02. The highest BCUT2D eigenvalue weighted by molar-refractivity contribution is 6.00. The number of carbonyl (C=O) groups excluding carboxylic acids is 2. The monoisotopic (exact) mass is 342 g/mol. The molecule has 134 valence electrons. The van der Waals surface area contributed by atoms with Crippen LogP contribution in [0.15, 0.2) is 24.3 Å². The quantitative estimate of drug-likeness (QED) is 0.895. The Morgan fingerprint density at radius 1 is 1.24 bits per heavy atom. The number of hydrogen-bond acceptors (Lipinski definition) is 3. The van der Waals surface area contributed by atoms with Crippen molar-refractivity contribution in [2.75, 3.05) is 18.1 Å². The van der Waals surface area contributed by atoms with Crippen LogP contribution in [-0.4, -0.2) is 31.0 Å². The van der Waals surface area contributed by atoms with Crippen LogP contribution in [0.5, 0.6) is 5.75 Å². The van der Waals surface area contributed by atoms with Crippen molar-refractivity contribution in [1.29, 1.82) is 0 Å². The molecule has 2 bridgehead atoms. The molecule has 3 aliphatic rings. The minimum absolute atomic E-state index is 0.0252. The standard InChI is InChI=1S/C20H26N2O3/c1-2-25-17-7-5-16(6-8-17)22-12-15(11-19(22)23)20(24)21-18-10-13-3-4-14(18)9-13/h5-8,13-15,18H,2-4,9-12H2,1H3,(H,21,24)/t13-,14-,15-,18-/m0/s1. The highest BCUT2D eigenvalue weighted by Crippen LogP contribution is 2.44. The van der Waals surface area contributed by atoms with E-state index < -0.39 is 0 Å². The van der Waals surface area contributed by atoms with Crippen molar-refractivity contribution >= 4 is 17.5 Å². The summed E-state index contributed by atoms with van der Waals surface area (Å²) in [6.07, 6.45) is 5.27. The number of carbonyl (C=O) groups is 2. The molecule has 0 unspecified atom stereocenters. The Kier molecular flexibility index (Phi) is 4.40. The van der Waals surface area contributed by atoms with Crippen molar-refractivity contribution in [2.45, 2.75) is 45.1 Å². The van der Waals surface area contributed by atoms with E-state index in [1.54, 1.807) is 4.90 Å². The van der Waals surface area contributed by atoms with E-state index in [0.29, 0.717) is 31.5 Å². The van der Waals surface area contributed by atoms with Crippen molar-refractivity contribution < 1.29 is 14.3 Å². The van der Waals surface area contributed by atoms with Crippen molar-refractivity contribution in [3.63, 3.8) is 0 Å². The molecule has 1 aliphatic heterocycles. The van der Waals surface area contributed by atoms with Crippen LogP contribution in [0.4, 0.5) is 5.69 Å². The Morgan fingerprint density at radius 3 is 2.68 bits per heavy atom. The first-order valence-electron chi connectivity index (χ1n) is 9.47. The lowest BCUT2D eigenvalue weighted by Gasteiger charge is -2.24. The maximum Gasteiger partial charge on any atom is 0.227 e. The normalized spacial score (nSPS) is 30.8. The largest absolute Gasteiger partial charge is 0.494 e. The van der Waals surface area contributed by atoms with E-state index in [1.807, 2.05) is 31.2 Å². The molecule has 0 radical (unpaired) electrons. The molecule has 1 aromatic rings. The molecule has 4 rings (SSSR count). The number of rotatable bonds is 5. The molecule has 4 atom stereocenters. The molecule has 2 amide bonds. The van der Waals surface area contributed by atoms with Gasteiger partial charge in [0.1, 0.15) is 5.75 Å². The average molecular weight is 342 g/mol. The molecule has 2 aliphatic carbocycles. The fourth-order valence-corrected chi connectivity index (χ4v) is 4.74. The molecule has 1 saturated heterocycles. The fourth-order valence-electron chi connectivity index (χ4n) is 4.74. The van der Waals surface area contributed by atoms with E-state index in [-0.39, 0.29) is 17.7 Å². The number of hydrogen-bond donors (Lipinski definition) is 1. The predicted molar refractivity (Wildman–Crippen MR) is 95.4 cm³/mol. The van der Waals surface area contributed by atoms with Crippen molar-refractivity contribution in [2.24, 2.45) is 17.8 Å². The lowest BCUT2D eigenvalue weighted by molar-refractivity contribution is -0.127. The summed E-state index contributed by atoms with van der Waals surface area (Å²) in [6, 6.07) is 7.85. The smallest absolute Gasteiger partial charge is 0.227 e. The lowest BCUT2D eigenvalue weighted by atomic mass is 9.94. The van der Waals surface area contributed by atoms with Crippen LogP contribution in [0, 0.1) is 17.8 Å². The molecule has 0 spiro atoms. The maximum absolute atomic E-state index is 12.6. The number of fused-ring (bicyclic) bond motifs is 2. The van der Waals surface area contributed by atoms with Gasteiger partial charge >= 0.3 is 0 Å². The Labute approximate surface area is 148 Å². The number of amides is 2. The van der Waals surface area contributed by atoms with E-state index in [0.717, 1.165) is 23.8 Å². The van der Waals surface area contributed by atoms with Gasteiger partial charge in [-0.25, -0.2) is 0 Å².